The number of nitrogens with zero attached hydrogens (tertiary/aromatic N) is 1. The lowest BCUT2D eigenvalue weighted by Crippen LogP contribution is -2.29. The molecule has 6 nitrogen and oxygen atoms in total. The third kappa shape index (κ3) is 2.89. The summed E-state index contributed by atoms with van der Waals surface area (Å²) >= 11 is 1.20. The summed E-state index contributed by atoms with van der Waals surface area (Å²) in [4.78, 5) is 26.2. The zero-order chi connectivity index (χ0) is 15.8. The first kappa shape index (κ1) is 15.8. The summed E-state index contributed by atoms with van der Waals surface area (Å²) in [6, 6.07) is 0. The number of anilines is 2. The minimum Gasteiger partial charge on any atom is -0.465 e. The maximum atomic E-state index is 12.0. The van der Waals surface area contributed by atoms with Crippen LogP contribution in [-0.2, 0) is 4.74 Å². The maximum Gasteiger partial charge on any atom is 0.343 e. The van der Waals surface area contributed by atoms with Crippen LogP contribution in [0, 0.1) is 0 Å². The highest BCUT2D eigenvalue weighted by Gasteiger charge is 2.36. The molecule has 1 aliphatic rings. The van der Waals surface area contributed by atoms with E-state index in [0.717, 1.165) is 0 Å². The number of hydrogen-bond acceptors (Lipinski definition) is 7. The van der Waals surface area contributed by atoms with E-state index in [1.807, 2.05) is 4.90 Å². The standard InChI is InChI=1S/C14H20N2O4S/c1-4-8(17)11-10(15)9(13(18)20-3)12(21-11)16-6-5-14(2,19)7-16/h19H,4-7,15H2,1-3H3. The van der Waals surface area contributed by atoms with Crippen molar-refractivity contribution in [1.82, 2.24) is 0 Å². The SMILES string of the molecule is CCC(=O)c1sc(N2CCC(C)(O)C2)c(C(=O)OC)c1N. The molecule has 1 atom stereocenters. The third-order valence-electron chi connectivity index (χ3n) is 3.63. The van der Waals surface area contributed by atoms with Gasteiger partial charge in [0.1, 0.15) is 10.6 Å². The van der Waals surface area contributed by atoms with Crippen molar-refractivity contribution in [2.24, 2.45) is 0 Å². The molecule has 21 heavy (non-hydrogen) atoms. The summed E-state index contributed by atoms with van der Waals surface area (Å²) in [6.45, 7) is 4.51. The van der Waals surface area contributed by atoms with Crippen LogP contribution in [0.3, 0.4) is 0 Å². The zero-order valence-corrected chi connectivity index (χ0v) is 13.2. The average Bonchev–Trinajstić information content (AvgIpc) is 2.97. The van der Waals surface area contributed by atoms with Crippen molar-refractivity contribution in [2.75, 3.05) is 30.8 Å². The average molecular weight is 312 g/mol. The lowest BCUT2D eigenvalue weighted by molar-refractivity contribution is 0.0602. The Morgan fingerprint density at radius 2 is 2.19 bits per heavy atom. The first-order chi connectivity index (χ1) is 9.80. The number of ketones is 1. The van der Waals surface area contributed by atoms with E-state index in [2.05, 4.69) is 0 Å². The molecule has 0 radical (unpaired) electrons. The van der Waals surface area contributed by atoms with Gasteiger partial charge in [-0.15, -0.1) is 11.3 Å². The molecular formula is C14H20N2O4S. The smallest absolute Gasteiger partial charge is 0.343 e. The molecule has 0 aromatic carbocycles. The van der Waals surface area contributed by atoms with Crippen LogP contribution in [-0.4, -0.2) is 42.7 Å². The van der Waals surface area contributed by atoms with Crippen molar-refractivity contribution < 1.29 is 19.4 Å². The molecule has 2 heterocycles. The summed E-state index contributed by atoms with van der Waals surface area (Å²) in [5, 5.41) is 10.7. The van der Waals surface area contributed by atoms with E-state index in [1.54, 1.807) is 13.8 Å². The molecule has 1 fully saturated rings. The topological polar surface area (TPSA) is 92.9 Å². The molecule has 0 amide bonds. The summed E-state index contributed by atoms with van der Waals surface area (Å²) in [5.74, 6) is -0.652. The molecule has 7 heteroatoms. The van der Waals surface area contributed by atoms with Crippen LogP contribution in [0.15, 0.2) is 0 Å². The van der Waals surface area contributed by atoms with Crippen molar-refractivity contribution in [3.05, 3.63) is 10.4 Å². The molecule has 0 bridgehead atoms. The van der Waals surface area contributed by atoms with Crippen molar-refractivity contribution in [2.45, 2.75) is 32.3 Å². The summed E-state index contributed by atoms with van der Waals surface area (Å²) in [7, 11) is 1.28. The highest BCUT2D eigenvalue weighted by Crippen LogP contribution is 2.41. The second kappa shape index (κ2) is 5.65. The van der Waals surface area contributed by atoms with Gasteiger partial charge in [-0.05, 0) is 13.3 Å². The Hall–Kier alpha value is -1.60. The maximum absolute atomic E-state index is 12.0. The highest BCUT2D eigenvalue weighted by atomic mass is 32.1. The molecule has 0 aliphatic carbocycles. The first-order valence-electron chi connectivity index (χ1n) is 6.81. The van der Waals surface area contributed by atoms with Crippen molar-refractivity contribution in [3.8, 4) is 0 Å². The molecule has 0 saturated carbocycles. The van der Waals surface area contributed by atoms with Crippen LogP contribution in [0.25, 0.3) is 0 Å². The second-order valence-corrected chi connectivity index (χ2v) is 6.46. The van der Waals surface area contributed by atoms with Gasteiger partial charge in [0.25, 0.3) is 0 Å². The van der Waals surface area contributed by atoms with Gasteiger partial charge in [-0.3, -0.25) is 4.79 Å². The number of hydrogen-bond donors (Lipinski definition) is 2. The molecule has 1 aromatic rings. The molecule has 3 N–H and O–H groups in total. The summed E-state index contributed by atoms with van der Waals surface area (Å²) < 4.78 is 4.78. The van der Waals surface area contributed by atoms with Crippen LogP contribution in [0.2, 0.25) is 0 Å². The van der Waals surface area contributed by atoms with Crippen LogP contribution >= 0.6 is 11.3 Å². The molecular weight excluding hydrogens is 292 g/mol. The summed E-state index contributed by atoms with van der Waals surface area (Å²) in [6.07, 6.45) is 0.922. The normalized spacial score (nSPS) is 21.6. The predicted octanol–water partition coefficient (Wildman–Crippen LogP) is 1.67. The van der Waals surface area contributed by atoms with Crippen molar-refractivity contribution >= 4 is 33.8 Å². The van der Waals surface area contributed by atoms with E-state index in [4.69, 9.17) is 10.5 Å². The molecule has 1 aromatic heterocycles. The predicted molar refractivity (Wildman–Crippen MR) is 82.1 cm³/mol. The number of nitrogens with two attached hydrogens (primary N) is 1. The number of Topliss-reactive ketones (excluding diaryl/α,β-unsaturated/α-hetero) is 1. The van der Waals surface area contributed by atoms with E-state index >= 15 is 0 Å². The number of carbonyl (C=O) groups excluding carboxylic acids is 2. The zero-order valence-electron chi connectivity index (χ0n) is 12.4. The minimum atomic E-state index is -0.804. The number of ether oxygens (including phenoxy) is 1. The van der Waals surface area contributed by atoms with Gasteiger partial charge in [-0.2, -0.15) is 0 Å². The van der Waals surface area contributed by atoms with Gasteiger partial charge in [-0.25, -0.2) is 4.79 Å². The Balaban J connectivity index is 2.49. The number of β-amino-alcohol motifs (C(OH)–C–C–N with tert-alkyl or cyclic N) is 1. The van der Waals surface area contributed by atoms with Crippen LogP contribution in [0.1, 0.15) is 46.7 Å². The van der Waals surface area contributed by atoms with Crippen LogP contribution in [0.4, 0.5) is 10.7 Å². The van der Waals surface area contributed by atoms with Gasteiger partial charge in [-0.1, -0.05) is 6.92 Å². The molecule has 1 unspecified atom stereocenters. The lowest BCUT2D eigenvalue weighted by atomic mass is 10.1. The highest BCUT2D eigenvalue weighted by molar-refractivity contribution is 7.19. The lowest BCUT2D eigenvalue weighted by Gasteiger charge is -2.20. The van der Waals surface area contributed by atoms with Gasteiger partial charge < -0.3 is 20.5 Å². The van der Waals surface area contributed by atoms with Gasteiger partial charge in [0.05, 0.1) is 23.3 Å². The Morgan fingerprint density at radius 3 is 2.67 bits per heavy atom. The number of carbonyl (C=O) groups is 2. The van der Waals surface area contributed by atoms with E-state index in [1.165, 1.54) is 18.4 Å². The minimum absolute atomic E-state index is 0.0974. The van der Waals surface area contributed by atoms with Gasteiger partial charge >= 0.3 is 5.97 Å². The molecule has 1 saturated heterocycles. The van der Waals surface area contributed by atoms with Crippen molar-refractivity contribution in [3.63, 3.8) is 0 Å². The second-order valence-electron chi connectivity index (χ2n) is 5.46. The first-order valence-corrected chi connectivity index (χ1v) is 7.63. The Bertz CT molecular complexity index is 580. The van der Waals surface area contributed by atoms with Gasteiger partial charge in [0.2, 0.25) is 0 Å². The number of aliphatic hydroxyl groups is 1. The molecule has 116 valence electrons. The van der Waals surface area contributed by atoms with Crippen LogP contribution < -0.4 is 10.6 Å². The Labute approximate surface area is 127 Å². The van der Waals surface area contributed by atoms with E-state index in [0.29, 0.717) is 35.8 Å². The quantitative estimate of drug-likeness (QED) is 0.649. The molecule has 1 aliphatic heterocycles. The van der Waals surface area contributed by atoms with E-state index in [-0.39, 0.29) is 17.0 Å². The van der Waals surface area contributed by atoms with Crippen LogP contribution in [0.5, 0.6) is 0 Å². The fraction of sp³-hybridized carbons (Fsp3) is 0.571. The molecule has 0 spiro atoms. The van der Waals surface area contributed by atoms with Crippen molar-refractivity contribution in [1.29, 1.82) is 0 Å². The largest absolute Gasteiger partial charge is 0.465 e. The number of thiophene rings is 1. The number of esters is 1. The van der Waals surface area contributed by atoms with Gasteiger partial charge in [0.15, 0.2) is 5.78 Å². The Morgan fingerprint density at radius 1 is 1.52 bits per heavy atom. The van der Waals surface area contributed by atoms with E-state index < -0.39 is 11.6 Å². The Kier molecular flexibility index (Phi) is 4.25. The fourth-order valence-electron chi connectivity index (χ4n) is 2.44. The fourth-order valence-corrected chi connectivity index (χ4v) is 3.68. The number of rotatable bonds is 4. The van der Waals surface area contributed by atoms with E-state index in [9.17, 15) is 14.7 Å². The summed E-state index contributed by atoms with van der Waals surface area (Å²) in [5.41, 5.74) is 5.60. The third-order valence-corrected chi connectivity index (χ3v) is 4.94. The monoisotopic (exact) mass is 312 g/mol. The molecule has 2 rings (SSSR count). The van der Waals surface area contributed by atoms with Gasteiger partial charge in [0, 0.05) is 19.5 Å². The number of methoxy groups -OCH3 is 1. The number of nitrogen functional groups attached to an aromatic ring is 1.